The van der Waals surface area contributed by atoms with Crippen molar-refractivity contribution in [3.63, 3.8) is 0 Å². The van der Waals surface area contributed by atoms with E-state index in [-0.39, 0.29) is 23.6 Å². The zero-order chi connectivity index (χ0) is 23.7. The highest BCUT2D eigenvalue weighted by atomic mass is 35.5. The van der Waals surface area contributed by atoms with E-state index in [2.05, 4.69) is 11.9 Å². The van der Waals surface area contributed by atoms with Gasteiger partial charge in [0.2, 0.25) is 0 Å². The molecule has 166 valence electrons. The lowest BCUT2D eigenvalue weighted by Crippen LogP contribution is -2.28. The summed E-state index contributed by atoms with van der Waals surface area (Å²) in [5.41, 5.74) is 1.23. The molecule has 2 rings (SSSR count). The van der Waals surface area contributed by atoms with Crippen LogP contribution >= 0.6 is 11.6 Å². The molecule has 0 saturated carbocycles. The van der Waals surface area contributed by atoms with Crippen molar-refractivity contribution in [1.29, 1.82) is 5.26 Å². The molecule has 0 heterocycles. The van der Waals surface area contributed by atoms with Crippen LogP contribution in [0.5, 0.6) is 17.2 Å². The van der Waals surface area contributed by atoms with E-state index < -0.39 is 18.0 Å². The Bertz CT molecular complexity index is 1090. The molecule has 1 N–H and O–H groups in total. The number of rotatable bonds is 9. The lowest BCUT2D eigenvalue weighted by atomic mass is 10.1. The van der Waals surface area contributed by atoms with Crippen LogP contribution in [-0.2, 0) is 9.59 Å². The van der Waals surface area contributed by atoms with Crippen LogP contribution in [0.1, 0.15) is 18.1 Å². The van der Waals surface area contributed by atoms with Gasteiger partial charge in [0.25, 0.3) is 5.91 Å². The number of halogens is 1. The molecule has 1 amide bonds. The van der Waals surface area contributed by atoms with Crippen molar-refractivity contribution in [2.45, 2.75) is 20.0 Å². The molecule has 0 saturated heterocycles. The highest BCUT2D eigenvalue weighted by Gasteiger charge is 2.20. The van der Waals surface area contributed by atoms with Gasteiger partial charge in [0.05, 0.1) is 7.11 Å². The standard InChI is InChI=1S/C24H23ClN2O5/c1-5-10-27-23(28)18(14-26)12-17-6-8-21(22(13-17)30-4)32-24(29)16(3)31-20-9-7-19(25)11-15(20)2/h5-9,11-13,16H,1,10H2,2-4H3,(H,27,28)/b18-12+. The number of hydrogen-bond acceptors (Lipinski definition) is 6. The normalized spacial score (nSPS) is 11.7. The summed E-state index contributed by atoms with van der Waals surface area (Å²) in [6.07, 6.45) is 2.03. The first-order chi connectivity index (χ1) is 15.3. The Kier molecular flexibility index (Phi) is 8.87. The molecule has 0 aliphatic heterocycles. The molecule has 7 nitrogen and oxygen atoms in total. The number of benzene rings is 2. The molecule has 1 atom stereocenters. The van der Waals surface area contributed by atoms with Crippen molar-refractivity contribution in [3.05, 3.63) is 70.8 Å². The Morgan fingerprint density at radius 1 is 1.22 bits per heavy atom. The third-order valence-corrected chi connectivity index (χ3v) is 4.49. The van der Waals surface area contributed by atoms with E-state index in [1.54, 1.807) is 37.3 Å². The Balaban J connectivity index is 2.15. The largest absolute Gasteiger partial charge is 0.493 e. The van der Waals surface area contributed by atoms with Crippen molar-refractivity contribution < 1.29 is 23.8 Å². The second-order valence-corrected chi connectivity index (χ2v) is 7.11. The van der Waals surface area contributed by atoms with Gasteiger partial charge in [-0.25, -0.2) is 4.79 Å². The number of esters is 1. The number of amides is 1. The molecule has 0 fully saturated rings. The minimum Gasteiger partial charge on any atom is -0.493 e. The van der Waals surface area contributed by atoms with Gasteiger partial charge in [-0.2, -0.15) is 5.26 Å². The summed E-state index contributed by atoms with van der Waals surface area (Å²) < 4.78 is 16.4. The number of carbonyl (C=O) groups excluding carboxylic acids is 2. The van der Waals surface area contributed by atoms with Crippen LogP contribution < -0.4 is 19.5 Å². The predicted molar refractivity (Wildman–Crippen MR) is 122 cm³/mol. The van der Waals surface area contributed by atoms with Crippen LogP contribution in [0.2, 0.25) is 5.02 Å². The summed E-state index contributed by atoms with van der Waals surface area (Å²) in [6.45, 7) is 7.15. The van der Waals surface area contributed by atoms with Gasteiger partial charge in [-0.15, -0.1) is 6.58 Å². The van der Waals surface area contributed by atoms with E-state index in [1.165, 1.54) is 25.3 Å². The number of nitrogens with one attached hydrogen (secondary N) is 1. The summed E-state index contributed by atoms with van der Waals surface area (Å²) in [5, 5.41) is 12.4. The topological polar surface area (TPSA) is 97.7 Å². The number of methoxy groups -OCH3 is 1. The first-order valence-corrected chi connectivity index (χ1v) is 10.00. The quantitative estimate of drug-likeness (QED) is 0.200. The Morgan fingerprint density at radius 2 is 1.94 bits per heavy atom. The van der Waals surface area contributed by atoms with Crippen molar-refractivity contribution in [1.82, 2.24) is 5.32 Å². The molecule has 0 aliphatic rings. The maximum absolute atomic E-state index is 12.5. The van der Waals surface area contributed by atoms with Crippen LogP contribution in [0.15, 0.2) is 54.6 Å². The van der Waals surface area contributed by atoms with Crippen molar-refractivity contribution in [2.75, 3.05) is 13.7 Å². The molecule has 0 bridgehead atoms. The molecule has 1 unspecified atom stereocenters. The van der Waals surface area contributed by atoms with Gasteiger partial charge in [-0.1, -0.05) is 23.7 Å². The van der Waals surface area contributed by atoms with E-state index in [0.717, 1.165) is 5.56 Å². The van der Waals surface area contributed by atoms with Gasteiger partial charge >= 0.3 is 5.97 Å². The number of hydrogen-bond donors (Lipinski definition) is 1. The lowest BCUT2D eigenvalue weighted by Gasteiger charge is -2.16. The fraction of sp³-hybridized carbons (Fsp3) is 0.208. The van der Waals surface area contributed by atoms with Gasteiger partial charge in [0, 0.05) is 11.6 Å². The van der Waals surface area contributed by atoms with E-state index >= 15 is 0 Å². The van der Waals surface area contributed by atoms with Crippen LogP contribution in [0.4, 0.5) is 0 Å². The lowest BCUT2D eigenvalue weighted by molar-refractivity contribution is -0.141. The fourth-order valence-electron chi connectivity index (χ4n) is 2.61. The second-order valence-electron chi connectivity index (χ2n) is 6.67. The van der Waals surface area contributed by atoms with Crippen LogP contribution in [0.25, 0.3) is 6.08 Å². The highest BCUT2D eigenvalue weighted by molar-refractivity contribution is 6.30. The van der Waals surface area contributed by atoms with E-state index in [9.17, 15) is 14.9 Å². The molecular formula is C24H23ClN2O5. The maximum atomic E-state index is 12.5. The van der Waals surface area contributed by atoms with E-state index in [1.807, 2.05) is 13.0 Å². The summed E-state index contributed by atoms with van der Waals surface area (Å²) in [5.74, 6) is -0.198. The Hall–Kier alpha value is -3.76. The fourth-order valence-corrected chi connectivity index (χ4v) is 2.84. The third kappa shape index (κ3) is 6.62. The third-order valence-electron chi connectivity index (χ3n) is 4.25. The van der Waals surface area contributed by atoms with Gasteiger partial charge < -0.3 is 19.5 Å². The summed E-state index contributed by atoms with van der Waals surface area (Å²) in [7, 11) is 1.42. The molecular weight excluding hydrogens is 432 g/mol. The Morgan fingerprint density at radius 3 is 2.56 bits per heavy atom. The first-order valence-electron chi connectivity index (χ1n) is 9.62. The second kappa shape index (κ2) is 11.6. The van der Waals surface area contributed by atoms with E-state index in [4.69, 9.17) is 25.8 Å². The molecule has 2 aromatic carbocycles. The predicted octanol–water partition coefficient (Wildman–Crippen LogP) is 4.24. The minimum atomic E-state index is -0.891. The van der Waals surface area contributed by atoms with Crippen molar-refractivity contribution >= 4 is 29.6 Å². The number of aryl methyl sites for hydroxylation is 1. The number of carbonyl (C=O) groups is 2. The van der Waals surface area contributed by atoms with Gasteiger partial charge in [-0.3, -0.25) is 4.79 Å². The van der Waals surface area contributed by atoms with Gasteiger partial charge in [0.1, 0.15) is 17.4 Å². The number of nitriles is 1. The molecule has 32 heavy (non-hydrogen) atoms. The first kappa shape index (κ1) is 24.5. The average molecular weight is 455 g/mol. The van der Waals surface area contributed by atoms with Gasteiger partial charge in [0.15, 0.2) is 17.6 Å². The van der Waals surface area contributed by atoms with Gasteiger partial charge in [-0.05, 0) is 61.4 Å². The molecule has 0 aromatic heterocycles. The maximum Gasteiger partial charge on any atom is 0.352 e. The smallest absolute Gasteiger partial charge is 0.352 e. The zero-order valence-electron chi connectivity index (χ0n) is 18.0. The molecule has 0 spiro atoms. The van der Waals surface area contributed by atoms with Crippen LogP contribution in [0.3, 0.4) is 0 Å². The average Bonchev–Trinajstić information content (AvgIpc) is 2.78. The molecule has 8 heteroatoms. The van der Waals surface area contributed by atoms with Crippen LogP contribution in [0, 0.1) is 18.3 Å². The molecule has 0 aliphatic carbocycles. The van der Waals surface area contributed by atoms with Crippen molar-refractivity contribution in [3.8, 4) is 23.3 Å². The monoisotopic (exact) mass is 454 g/mol. The summed E-state index contributed by atoms with van der Waals surface area (Å²) in [6, 6.07) is 11.6. The number of ether oxygens (including phenoxy) is 3. The molecule has 0 radical (unpaired) electrons. The van der Waals surface area contributed by atoms with Crippen LogP contribution in [-0.4, -0.2) is 31.6 Å². The van der Waals surface area contributed by atoms with E-state index in [0.29, 0.717) is 16.3 Å². The SMILES string of the molecule is C=CCNC(=O)/C(C#N)=C/c1ccc(OC(=O)C(C)Oc2ccc(Cl)cc2C)c(OC)c1. The summed E-state index contributed by atoms with van der Waals surface area (Å²) in [4.78, 5) is 24.5. The highest BCUT2D eigenvalue weighted by Crippen LogP contribution is 2.30. The zero-order valence-corrected chi connectivity index (χ0v) is 18.7. The van der Waals surface area contributed by atoms with Crippen molar-refractivity contribution in [2.24, 2.45) is 0 Å². The number of nitrogens with zero attached hydrogens (tertiary/aromatic N) is 1. The Labute approximate surface area is 191 Å². The summed E-state index contributed by atoms with van der Waals surface area (Å²) >= 11 is 5.94. The minimum absolute atomic E-state index is 0.0843. The molecule has 2 aromatic rings.